The molecule has 0 bridgehead atoms. The van der Waals surface area contributed by atoms with E-state index in [1.807, 2.05) is 0 Å². The number of nitrogens with one attached hydrogen (secondary N) is 1. The molecule has 0 heterocycles. The van der Waals surface area contributed by atoms with E-state index in [4.69, 9.17) is 17.3 Å². The Hall–Kier alpha value is -1.79. The number of anilines is 2. The lowest BCUT2D eigenvalue weighted by Gasteiger charge is -2.12. The van der Waals surface area contributed by atoms with E-state index in [0.29, 0.717) is 10.7 Å². The highest BCUT2D eigenvalue weighted by Gasteiger charge is 2.20. The van der Waals surface area contributed by atoms with Gasteiger partial charge in [0.25, 0.3) is 10.0 Å². The molecular formula is C13H12ClFN2O2S. The first kappa shape index (κ1) is 14.6. The third-order valence-corrected chi connectivity index (χ3v) is 4.43. The number of nitrogen functional groups attached to an aromatic ring is 1. The molecule has 7 heteroatoms. The van der Waals surface area contributed by atoms with Gasteiger partial charge >= 0.3 is 0 Å². The second-order valence-electron chi connectivity index (χ2n) is 4.24. The summed E-state index contributed by atoms with van der Waals surface area (Å²) in [7, 11) is -3.93. The molecule has 0 saturated carbocycles. The van der Waals surface area contributed by atoms with Crippen LogP contribution in [0.4, 0.5) is 15.8 Å². The van der Waals surface area contributed by atoms with E-state index in [2.05, 4.69) is 4.72 Å². The molecule has 0 spiro atoms. The molecule has 0 aliphatic rings. The van der Waals surface area contributed by atoms with Crippen LogP contribution < -0.4 is 10.5 Å². The van der Waals surface area contributed by atoms with Gasteiger partial charge in [0.15, 0.2) is 0 Å². The number of benzene rings is 2. The zero-order valence-electron chi connectivity index (χ0n) is 10.5. The third-order valence-electron chi connectivity index (χ3n) is 2.69. The van der Waals surface area contributed by atoms with Crippen LogP contribution in [-0.4, -0.2) is 8.42 Å². The number of nitrogens with two attached hydrogens (primary N) is 1. The fourth-order valence-corrected chi connectivity index (χ4v) is 3.24. The Morgan fingerprint density at radius 2 is 1.95 bits per heavy atom. The maximum Gasteiger partial charge on any atom is 0.262 e. The fraction of sp³-hybridized carbons (Fsp3) is 0.0769. The summed E-state index contributed by atoms with van der Waals surface area (Å²) in [4.78, 5) is -0.199. The highest BCUT2D eigenvalue weighted by molar-refractivity contribution is 7.92. The Morgan fingerprint density at radius 3 is 2.60 bits per heavy atom. The summed E-state index contributed by atoms with van der Waals surface area (Å²) in [6.07, 6.45) is 0. The Kier molecular flexibility index (Phi) is 3.87. The van der Waals surface area contributed by atoms with Crippen molar-refractivity contribution >= 4 is 33.0 Å². The molecule has 4 nitrogen and oxygen atoms in total. The molecule has 2 aromatic carbocycles. The van der Waals surface area contributed by atoms with Crippen molar-refractivity contribution in [2.24, 2.45) is 0 Å². The van der Waals surface area contributed by atoms with Gasteiger partial charge in [-0.1, -0.05) is 17.7 Å². The van der Waals surface area contributed by atoms with Crippen molar-refractivity contribution in [2.45, 2.75) is 11.8 Å². The molecule has 3 N–H and O–H groups in total. The smallest absolute Gasteiger partial charge is 0.262 e. The van der Waals surface area contributed by atoms with E-state index in [9.17, 15) is 12.8 Å². The highest BCUT2D eigenvalue weighted by atomic mass is 35.5. The van der Waals surface area contributed by atoms with Crippen LogP contribution >= 0.6 is 11.6 Å². The highest BCUT2D eigenvalue weighted by Crippen LogP contribution is 2.25. The first-order valence-electron chi connectivity index (χ1n) is 5.63. The number of rotatable bonds is 3. The second-order valence-corrected chi connectivity index (χ2v) is 6.33. The summed E-state index contributed by atoms with van der Waals surface area (Å²) < 4.78 is 40.4. The maximum absolute atomic E-state index is 13.6. The van der Waals surface area contributed by atoms with Crippen molar-refractivity contribution in [3.05, 3.63) is 52.8 Å². The zero-order chi connectivity index (χ0) is 14.9. The van der Waals surface area contributed by atoms with Crippen molar-refractivity contribution in [1.29, 1.82) is 0 Å². The van der Waals surface area contributed by atoms with E-state index >= 15 is 0 Å². The standard InChI is InChI=1S/C13H12ClFN2O2S/c1-8-12(15)6-10(16)7-13(8)20(18,19)17-11-4-2-3-9(14)5-11/h2-7,17H,16H2,1H3. The first-order chi connectivity index (χ1) is 9.29. The molecule has 20 heavy (non-hydrogen) atoms. The normalized spacial score (nSPS) is 11.3. The number of hydrogen-bond acceptors (Lipinski definition) is 3. The van der Waals surface area contributed by atoms with Gasteiger partial charge in [-0.15, -0.1) is 0 Å². The minimum absolute atomic E-state index is 0.00808. The Labute approximate surface area is 121 Å². The van der Waals surface area contributed by atoms with Crippen molar-refractivity contribution in [2.75, 3.05) is 10.5 Å². The number of sulfonamides is 1. The average Bonchev–Trinajstić information content (AvgIpc) is 2.33. The monoisotopic (exact) mass is 314 g/mol. The van der Waals surface area contributed by atoms with E-state index in [-0.39, 0.29) is 16.1 Å². The molecule has 0 aliphatic heterocycles. The Balaban J connectivity index is 2.46. The molecule has 0 amide bonds. The van der Waals surface area contributed by atoms with Crippen LogP contribution in [-0.2, 0) is 10.0 Å². The molecular weight excluding hydrogens is 303 g/mol. The summed E-state index contributed by atoms with van der Waals surface area (Å²) in [5.74, 6) is -0.670. The van der Waals surface area contributed by atoms with Crippen molar-refractivity contribution in [3.63, 3.8) is 0 Å². The summed E-state index contributed by atoms with van der Waals surface area (Å²) in [5.41, 5.74) is 5.83. The molecule has 2 rings (SSSR count). The third kappa shape index (κ3) is 3.02. The fourth-order valence-electron chi connectivity index (χ4n) is 1.71. The van der Waals surface area contributed by atoms with Gasteiger partial charge in [-0.2, -0.15) is 0 Å². The predicted octanol–water partition coefficient (Wildman–Crippen LogP) is 3.17. The van der Waals surface area contributed by atoms with Gasteiger partial charge in [0, 0.05) is 16.3 Å². The van der Waals surface area contributed by atoms with Gasteiger partial charge in [-0.3, -0.25) is 4.72 Å². The molecule has 106 valence electrons. The number of halogens is 2. The maximum atomic E-state index is 13.6. The summed E-state index contributed by atoms with van der Waals surface area (Å²) >= 11 is 5.79. The Bertz CT molecular complexity index is 763. The van der Waals surface area contributed by atoms with Gasteiger partial charge in [0.1, 0.15) is 5.82 Å². The van der Waals surface area contributed by atoms with Crippen LogP contribution in [0.2, 0.25) is 5.02 Å². The second kappa shape index (κ2) is 5.30. The first-order valence-corrected chi connectivity index (χ1v) is 7.50. The van der Waals surface area contributed by atoms with Gasteiger partial charge < -0.3 is 5.73 Å². The summed E-state index contributed by atoms with van der Waals surface area (Å²) in [6.45, 7) is 1.38. The van der Waals surface area contributed by atoms with E-state index in [0.717, 1.165) is 6.07 Å². The van der Waals surface area contributed by atoms with Crippen LogP contribution in [0.15, 0.2) is 41.3 Å². The van der Waals surface area contributed by atoms with Gasteiger partial charge in [-0.25, -0.2) is 12.8 Å². The largest absolute Gasteiger partial charge is 0.399 e. The molecule has 0 radical (unpaired) electrons. The average molecular weight is 315 g/mol. The molecule has 0 unspecified atom stereocenters. The predicted molar refractivity (Wildman–Crippen MR) is 77.8 cm³/mol. The van der Waals surface area contributed by atoms with Crippen LogP contribution in [0, 0.1) is 12.7 Å². The van der Waals surface area contributed by atoms with Crippen LogP contribution in [0.3, 0.4) is 0 Å². The zero-order valence-corrected chi connectivity index (χ0v) is 12.1. The molecule has 0 saturated heterocycles. The molecule has 0 fully saturated rings. The minimum Gasteiger partial charge on any atom is -0.399 e. The van der Waals surface area contributed by atoms with Gasteiger partial charge in [-0.05, 0) is 37.3 Å². The summed E-state index contributed by atoms with van der Waals surface area (Å²) in [5, 5.41) is 0.390. The topological polar surface area (TPSA) is 72.2 Å². The Morgan fingerprint density at radius 1 is 1.25 bits per heavy atom. The van der Waals surface area contributed by atoms with E-state index in [1.165, 1.54) is 19.1 Å². The van der Waals surface area contributed by atoms with Crippen molar-refractivity contribution < 1.29 is 12.8 Å². The van der Waals surface area contributed by atoms with E-state index in [1.54, 1.807) is 18.2 Å². The SMILES string of the molecule is Cc1c(F)cc(N)cc1S(=O)(=O)Nc1cccc(Cl)c1. The lowest BCUT2D eigenvalue weighted by atomic mass is 10.2. The van der Waals surface area contributed by atoms with Crippen LogP contribution in [0.5, 0.6) is 0 Å². The molecule has 0 aliphatic carbocycles. The summed E-state index contributed by atoms with van der Waals surface area (Å²) in [6, 6.07) is 8.51. The minimum atomic E-state index is -3.93. The quantitative estimate of drug-likeness (QED) is 0.855. The molecule has 0 atom stereocenters. The molecule has 0 aromatic heterocycles. The van der Waals surface area contributed by atoms with Crippen LogP contribution in [0.25, 0.3) is 0 Å². The van der Waals surface area contributed by atoms with Crippen molar-refractivity contribution in [1.82, 2.24) is 0 Å². The molecule has 2 aromatic rings. The van der Waals surface area contributed by atoms with Crippen molar-refractivity contribution in [3.8, 4) is 0 Å². The lowest BCUT2D eigenvalue weighted by Crippen LogP contribution is -2.15. The van der Waals surface area contributed by atoms with Gasteiger partial charge in [0.05, 0.1) is 10.6 Å². The lowest BCUT2D eigenvalue weighted by molar-refractivity contribution is 0.591. The number of hydrogen-bond donors (Lipinski definition) is 2. The van der Waals surface area contributed by atoms with Crippen LogP contribution in [0.1, 0.15) is 5.56 Å². The van der Waals surface area contributed by atoms with E-state index < -0.39 is 15.8 Å². The van der Waals surface area contributed by atoms with Gasteiger partial charge in [0.2, 0.25) is 0 Å².